The van der Waals surface area contributed by atoms with Gasteiger partial charge >= 0.3 is 0 Å². The number of methoxy groups -OCH3 is 2. The van der Waals surface area contributed by atoms with E-state index in [0.717, 1.165) is 36.6 Å². The van der Waals surface area contributed by atoms with E-state index in [1.807, 2.05) is 30.0 Å². The molecule has 0 unspecified atom stereocenters. The van der Waals surface area contributed by atoms with E-state index in [9.17, 15) is 9.90 Å². The van der Waals surface area contributed by atoms with Crippen LogP contribution in [0.25, 0.3) is 0 Å². The molecule has 144 valence electrons. The fourth-order valence-corrected chi connectivity index (χ4v) is 4.75. The molecule has 1 amide bonds. The van der Waals surface area contributed by atoms with E-state index in [1.54, 1.807) is 19.1 Å². The third-order valence-electron chi connectivity index (χ3n) is 5.14. The highest BCUT2D eigenvalue weighted by Gasteiger charge is 2.43. The Morgan fingerprint density at radius 3 is 2.65 bits per heavy atom. The Kier molecular flexibility index (Phi) is 6.32. The van der Waals surface area contributed by atoms with Crippen LogP contribution in [0.3, 0.4) is 0 Å². The molecule has 7 heteroatoms. The molecule has 2 aliphatic rings. The van der Waals surface area contributed by atoms with Crippen molar-refractivity contribution in [2.24, 2.45) is 0 Å². The lowest BCUT2D eigenvalue weighted by atomic mass is 9.90. The number of thioether (sulfide) groups is 1. The van der Waals surface area contributed by atoms with Crippen molar-refractivity contribution in [1.29, 1.82) is 0 Å². The maximum Gasteiger partial charge on any atom is 0.256 e. The first-order valence-electron chi connectivity index (χ1n) is 9.09. The molecule has 3 rings (SSSR count). The van der Waals surface area contributed by atoms with Crippen LogP contribution in [0.15, 0.2) is 18.2 Å². The van der Waals surface area contributed by atoms with Crippen LogP contribution in [0.5, 0.6) is 11.5 Å². The molecule has 0 bridgehead atoms. The van der Waals surface area contributed by atoms with Crippen LogP contribution in [0, 0.1) is 0 Å². The molecule has 0 spiro atoms. The standard InChI is InChI=1S/C19H28N2O4S/c1-24-16-6-3-5-15(17(16)25-2)13-21-8-4-7-19(23,18(21)22)14-20-9-11-26-12-10-20/h3,5-6,23H,4,7-14H2,1-2H3/t19-/m0/s1. The minimum Gasteiger partial charge on any atom is -0.493 e. The predicted octanol–water partition coefficient (Wildman–Crippen LogP) is 1.61. The van der Waals surface area contributed by atoms with E-state index in [4.69, 9.17) is 9.47 Å². The molecular formula is C19H28N2O4S. The summed E-state index contributed by atoms with van der Waals surface area (Å²) in [7, 11) is 3.20. The number of ether oxygens (including phenoxy) is 2. The maximum absolute atomic E-state index is 13.1. The summed E-state index contributed by atoms with van der Waals surface area (Å²) in [5, 5.41) is 11.1. The zero-order valence-corrected chi connectivity index (χ0v) is 16.4. The molecule has 26 heavy (non-hydrogen) atoms. The lowest BCUT2D eigenvalue weighted by Crippen LogP contribution is -2.59. The normalized spacial score (nSPS) is 24.6. The van der Waals surface area contributed by atoms with Crippen LogP contribution in [0.1, 0.15) is 18.4 Å². The van der Waals surface area contributed by atoms with Crippen molar-refractivity contribution >= 4 is 17.7 Å². The van der Waals surface area contributed by atoms with Gasteiger partial charge in [0.15, 0.2) is 17.1 Å². The second-order valence-corrected chi connectivity index (χ2v) is 8.13. The summed E-state index contributed by atoms with van der Waals surface area (Å²) in [4.78, 5) is 17.0. The Hall–Kier alpha value is -1.44. The molecule has 2 heterocycles. The molecule has 1 N–H and O–H groups in total. The minimum absolute atomic E-state index is 0.174. The number of carbonyl (C=O) groups excluding carboxylic acids is 1. The number of piperidine rings is 1. The van der Waals surface area contributed by atoms with E-state index in [0.29, 0.717) is 37.6 Å². The number of nitrogens with zero attached hydrogens (tertiary/aromatic N) is 2. The molecule has 2 saturated heterocycles. The van der Waals surface area contributed by atoms with Crippen molar-refractivity contribution in [3.8, 4) is 11.5 Å². The Morgan fingerprint density at radius 2 is 1.96 bits per heavy atom. The second kappa shape index (κ2) is 8.50. The first kappa shape index (κ1) is 19.3. The van der Waals surface area contributed by atoms with E-state index >= 15 is 0 Å². The predicted molar refractivity (Wildman–Crippen MR) is 103 cm³/mol. The lowest BCUT2D eigenvalue weighted by molar-refractivity contribution is -0.160. The summed E-state index contributed by atoms with van der Waals surface area (Å²) in [6.45, 7) is 3.36. The average molecular weight is 381 g/mol. The average Bonchev–Trinajstić information content (AvgIpc) is 2.66. The zero-order chi connectivity index (χ0) is 18.6. The SMILES string of the molecule is COc1cccc(CN2CCC[C@](O)(CN3CCSCC3)C2=O)c1OC. The molecule has 6 nitrogen and oxygen atoms in total. The van der Waals surface area contributed by atoms with E-state index in [1.165, 1.54) is 0 Å². The van der Waals surface area contributed by atoms with Gasteiger partial charge in [0.2, 0.25) is 0 Å². The van der Waals surface area contributed by atoms with Gasteiger partial charge in [0, 0.05) is 49.8 Å². The van der Waals surface area contributed by atoms with Crippen molar-refractivity contribution in [3.63, 3.8) is 0 Å². The fourth-order valence-electron chi connectivity index (χ4n) is 3.78. The van der Waals surface area contributed by atoms with Gasteiger partial charge in [-0.15, -0.1) is 0 Å². The zero-order valence-electron chi connectivity index (χ0n) is 15.6. The van der Waals surface area contributed by atoms with Crippen molar-refractivity contribution < 1.29 is 19.4 Å². The monoisotopic (exact) mass is 380 g/mol. The summed E-state index contributed by atoms with van der Waals surface area (Å²) in [5.41, 5.74) is -0.398. The number of likely N-dealkylation sites (tertiary alicyclic amines) is 1. The van der Waals surface area contributed by atoms with Gasteiger partial charge in [-0.3, -0.25) is 9.69 Å². The number of hydrogen-bond donors (Lipinski definition) is 1. The van der Waals surface area contributed by atoms with E-state index in [-0.39, 0.29) is 5.91 Å². The van der Waals surface area contributed by atoms with Gasteiger partial charge in [-0.25, -0.2) is 0 Å². The number of carbonyl (C=O) groups is 1. The molecular weight excluding hydrogens is 352 g/mol. The third-order valence-corrected chi connectivity index (χ3v) is 6.08. The molecule has 1 aromatic carbocycles. The quantitative estimate of drug-likeness (QED) is 0.809. The van der Waals surface area contributed by atoms with Crippen LogP contribution in [-0.2, 0) is 11.3 Å². The van der Waals surface area contributed by atoms with Crippen LogP contribution < -0.4 is 9.47 Å². The second-order valence-electron chi connectivity index (χ2n) is 6.90. The molecule has 1 atom stereocenters. The van der Waals surface area contributed by atoms with Crippen LogP contribution >= 0.6 is 11.8 Å². The molecule has 0 aromatic heterocycles. The number of β-amino-alcohol motifs (C(OH)–C–C–N with tert-alkyl or cyclic N) is 1. The molecule has 0 saturated carbocycles. The van der Waals surface area contributed by atoms with Gasteiger partial charge in [-0.1, -0.05) is 12.1 Å². The maximum atomic E-state index is 13.1. The lowest BCUT2D eigenvalue weighted by Gasteiger charge is -2.41. The molecule has 1 aromatic rings. The van der Waals surface area contributed by atoms with Crippen LogP contribution in [0.2, 0.25) is 0 Å². The van der Waals surface area contributed by atoms with Gasteiger partial charge in [-0.2, -0.15) is 11.8 Å². The number of para-hydroxylation sites is 1. The summed E-state index contributed by atoms with van der Waals surface area (Å²) >= 11 is 1.93. The first-order chi connectivity index (χ1) is 12.6. The van der Waals surface area contributed by atoms with E-state index in [2.05, 4.69) is 4.90 Å². The van der Waals surface area contributed by atoms with Crippen molar-refractivity contribution in [2.45, 2.75) is 25.0 Å². The first-order valence-corrected chi connectivity index (χ1v) is 10.2. The van der Waals surface area contributed by atoms with Gasteiger partial charge < -0.3 is 19.5 Å². The van der Waals surface area contributed by atoms with Crippen LogP contribution in [-0.4, -0.2) is 78.3 Å². The van der Waals surface area contributed by atoms with Crippen molar-refractivity contribution in [2.75, 3.05) is 51.9 Å². The van der Waals surface area contributed by atoms with E-state index < -0.39 is 5.60 Å². The third kappa shape index (κ3) is 4.10. The molecule has 0 aliphatic carbocycles. The smallest absolute Gasteiger partial charge is 0.256 e. The summed E-state index contributed by atoms with van der Waals surface area (Å²) in [6, 6.07) is 5.66. The number of hydrogen-bond acceptors (Lipinski definition) is 6. The highest BCUT2D eigenvalue weighted by molar-refractivity contribution is 7.99. The minimum atomic E-state index is -1.29. The summed E-state index contributed by atoms with van der Waals surface area (Å²) in [5.74, 6) is 3.25. The molecule has 0 radical (unpaired) electrons. The Labute approximate surface area is 159 Å². The topological polar surface area (TPSA) is 62.2 Å². The van der Waals surface area contributed by atoms with Crippen molar-refractivity contribution in [1.82, 2.24) is 9.80 Å². The number of rotatable bonds is 6. The Balaban J connectivity index is 1.73. The van der Waals surface area contributed by atoms with Gasteiger partial charge in [0.05, 0.1) is 14.2 Å². The fraction of sp³-hybridized carbons (Fsp3) is 0.632. The number of amides is 1. The highest BCUT2D eigenvalue weighted by atomic mass is 32.2. The number of aliphatic hydroxyl groups is 1. The highest BCUT2D eigenvalue weighted by Crippen LogP contribution is 2.33. The van der Waals surface area contributed by atoms with Gasteiger partial charge in [-0.05, 0) is 18.9 Å². The van der Waals surface area contributed by atoms with Crippen LogP contribution in [0.4, 0.5) is 0 Å². The molecule has 2 aliphatic heterocycles. The van der Waals surface area contributed by atoms with Gasteiger partial charge in [0.1, 0.15) is 0 Å². The number of benzene rings is 1. The van der Waals surface area contributed by atoms with Gasteiger partial charge in [0.25, 0.3) is 5.91 Å². The Bertz CT molecular complexity index is 636. The largest absolute Gasteiger partial charge is 0.493 e. The molecule has 2 fully saturated rings. The van der Waals surface area contributed by atoms with Crippen molar-refractivity contribution in [3.05, 3.63) is 23.8 Å². The summed E-state index contributed by atoms with van der Waals surface area (Å²) in [6.07, 6.45) is 1.33. The Morgan fingerprint density at radius 1 is 1.19 bits per heavy atom. The summed E-state index contributed by atoms with van der Waals surface area (Å²) < 4.78 is 10.8.